The molecule has 0 radical (unpaired) electrons. The van der Waals surface area contributed by atoms with Gasteiger partial charge in [0.25, 0.3) is 0 Å². The zero-order valence-corrected chi connectivity index (χ0v) is 12.8. The highest BCUT2D eigenvalue weighted by molar-refractivity contribution is 7.15. The van der Waals surface area contributed by atoms with Gasteiger partial charge < -0.3 is 10.1 Å². The van der Waals surface area contributed by atoms with Crippen LogP contribution in [0.4, 0.5) is 0 Å². The molecule has 0 aliphatic heterocycles. The van der Waals surface area contributed by atoms with Gasteiger partial charge in [-0.25, -0.2) is 4.98 Å². The summed E-state index contributed by atoms with van der Waals surface area (Å²) in [5.74, 6) is 0.647. The molecule has 2 aromatic heterocycles. The summed E-state index contributed by atoms with van der Waals surface area (Å²) in [5.41, 5.74) is 1.79. The Morgan fingerprint density at radius 1 is 1.41 bits per heavy atom. The van der Waals surface area contributed by atoms with Gasteiger partial charge in [0.1, 0.15) is 5.75 Å². The Bertz CT molecular complexity index is 774. The van der Waals surface area contributed by atoms with Crippen LogP contribution < -0.4 is 10.1 Å². The number of carbonyl (C=O) groups excluding carboxylic acids is 1. The molecule has 112 valence electrons. The van der Waals surface area contributed by atoms with Gasteiger partial charge in [0.2, 0.25) is 5.91 Å². The van der Waals surface area contributed by atoms with Gasteiger partial charge in [-0.15, -0.1) is 11.3 Å². The quantitative estimate of drug-likeness (QED) is 0.737. The van der Waals surface area contributed by atoms with Crippen molar-refractivity contribution < 1.29 is 9.53 Å². The highest BCUT2D eigenvalue weighted by Crippen LogP contribution is 2.12. The van der Waals surface area contributed by atoms with Gasteiger partial charge in [-0.2, -0.15) is 0 Å². The molecule has 1 amide bonds. The molecule has 3 rings (SSSR count). The smallest absolute Gasteiger partial charge is 0.244 e. The number of nitrogens with zero attached hydrogens (tertiary/aromatic N) is 2. The maximum atomic E-state index is 11.8. The van der Waals surface area contributed by atoms with Crippen molar-refractivity contribution in [2.75, 3.05) is 7.11 Å². The van der Waals surface area contributed by atoms with Gasteiger partial charge in [-0.05, 0) is 23.8 Å². The number of thiazole rings is 1. The lowest BCUT2D eigenvalue weighted by atomic mass is 10.2. The number of aromatic nitrogens is 2. The number of fused-ring (bicyclic) bond motifs is 1. The predicted molar refractivity (Wildman–Crippen MR) is 86.9 cm³/mol. The molecule has 0 unspecified atom stereocenters. The molecule has 22 heavy (non-hydrogen) atoms. The number of carbonyl (C=O) groups is 1. The molecule has 0 spiro atoms. The highest BCUT2D eigenvalue weighted by atomic mass is 32.1. The first-order chi connectivity index (χ1) is 10.7. The number of hydrogen-bond acceptors (Lipinski definition) is 4. The average Bonchev–Trinajstić information content (AvgIpc) is 3.12. The van der Waals surface area contributed by atoms with E-state index in [9.17, 15) is 4.79 Å². The number of amides is 1. The van der Waals surface area contributed by atoms with Gasteiger partial charge in [0.15, 0.2) is 4.96 Å². The number of methoxy groups -OCH3 is 1. The average molecular weight is 313 g/mol. The van der Waals surface area contributed by atoms with Gasteiger partial charge in [0.05, 0.1) is 19.3 Å². The van der Waals surface area contributed by atoms with Crippen molar-refractivity contribution >= 4 is 28.3 Å². The third-order valence-electron chi connectivity index (χ3n) is 3.13. The van der Waals surface area contributed by atoms with Gasteiger partial charge in [0, 0.05) is 23.8 Å². The second-order valence-corrected chi connectivity index (χ2v) is 5.52. The van der Waals surface area contributed by atoms with Crippen molar-refractivity contribution in [3.05, 3.63) is 59.4 Å². The van der Waals surface area contributed by atoms with Crippen molar-refractivity contribution in [2.45, 2.75) is 6.54 Å². The minimum absolute atomic E-state index is 0.146. The van der Waals surface area contributed by atoms with Crippen LogP contribution in [0.2, 0.25) is 0 Å². The van der Waals surface area contributed by atoms with Gasteiger partial charge >= 0.3 is 0 Å². The Hall–Kier alpha value is -2.60. The van der Waals surface area contributed by atoms with Crippen LogP contribution in [0.1, 0.15) is 11.3 Å². The molecule has 0 aliphatic carbocycles. The summed E-state index contributed by atoms with van der Waals surface area (Å²) in [6.45, 7) is 0.417. The molecule has 6 heteroatoms. The fourth-order valence-electron chi connectivity index (χ4n) is 1.98. The molecule has 5 nitrogen and oxygen atoms in total. The van der Waals surface area contributed by atoms with E-state index in [-0.39, 0.29) is 5.91 Å². The summed E-state index contributed by atoms with van der Waals surface area (Å²) in [6, 6.07) is 7.50. The number of hydrogen-bond donors (Lipinski definition) is 1. The summed E-state index contributed by atoms with van der Waals surface area (Å²) in [6.07, 6.45) is 7.14. The SMILES string of the molecule is COc1ccc(/C=C/C(=O)NCc2cn3ccsc3n2)cc1. The minimum Gasteiger partial charge on any atom is -0.497 e. The largest absolute Gasteiger partial charge is 0.497 e. The Morgan fingerprint density at radius 3 is 2.95 bits per heavy atom. The zero-order valence-electron chi connectivity index (χ0n) is 12.0. The fourth-order valence-corrected chi connectivity index (χ4v) is 2.70. The second kappa shape index (κ2) is 6.44. The van der Waals surface area contributed by atoms with Crippen LogP contribution >= 0.6 is 11.3 Å². The summed E-state index contributed by atoms with van der Waals surface area (Å²) in [5, 5.41) is 4.80. The first-order valence-electron chi connectivity index (χ1n) is 6.75. The van der Waals surface area contributed by atoms with Crippen LogP contribution in [0.25, 0.3) is 11.0 Å². The van der Waals surface area contributed by atoms with E-state index in [0.29, 0.717) is 6.54 Å². The van der Waals surface area contributed by atoms with Crippen molar-refractivity contribution in [2.24, 2.45) is 0 Å². The van der Waals surface area contributed by atoms with E-state index < -0.39 is 0 Å². The first kappa shape index (κ1) is 14.3. The van der Waals surface area contributed by atoms with Crippen LogP contribution in [-0.4, -0.2) is 22.4 Å². The molecule has 2 heterocycles. The highest BCUT2D eigenvalue weighted by Gasteiger charge is 2.03. The van der Waals surface area contributed by atoms with Crippen LogP contribution in [0, 0.1) is 0 Å². The van der Waals surface area contributed by atoms with Crippen molar-refractivity contribution in [1.29, 1.82) is 0 Å². The van der Waals surface area contributed by atoms with Crippen LogP contribution in [0.5, 0.6) is 5.75 Å². The van der Waals surface area contributed by atoms with E-state index in [0.717, 1.165) is 22.0 Å². The van der Waals surface area contributed by atoms with Gasteiger partial charge in [-0.1, -0.05) is 12.1 Å². The molecular formula is C16H15N3O2S. The summed E-state index contributed by atoms with van der Waals surface area (Å²) in [7, 11) is 1.62. The molecule has 0 atom stereocenters. The fraction of sp³-hybridized carbons (Fsp3) is 0.125. The second-order valence-electron chi connectivity index (χ2n) is 4.65. The van der Waals surface area contributed by atoms with Crippen LogP contribution in [-0.2, 0) is 11.3 Å². The van der Waals surface area contributed by atoms with Crippen molar-refractivity contribution in [1.82, 2.24) is 14.7 Å². The maximum absolute atomic E-state index is 11.8. The number of nitrogens with one attached hydrogen (secondary N) is 1. The Morgan fingerprint density at radius 2 is 2.23 bits per heavy atom. The number of rotatable bonds is 5. The van der Waals surface area contributed by atoms with Gasteiger partial charge in [-0.3, -0.25) is 9.20 Å². The molecule has 0 bridgehead atoms. The molecular weight excluding hydrogens is 298 g/mol. The molecule has 0 saturated carbocycles. The van der Waals surface area contributed by atoms with E-state index >= 15 is 0 Å². The van der Waals surface area contributed by atoms with E-state index in [2.05, 4.69) is 10.3 Å². The molecule has 3 aromatic rings. The molecule has 1 N–H and O–H groups in total. The summed E-state index contributed by atoms with van der Waals surface area (Å²) >= 11 is 1.57. The number of ether oxygens (including phenoxy) is 1. The number of benzene rings is 1. The van der Waals surface area contributed by atoms with E-state index in [1.165, 1.54) is 6.08 Å². The zero-order chi connectivity index (χ0) is 15.4. The maximum Gasteiger partial charge on any atom is 0.244 e. The number of imidazole rings is 1. The minimum atomic E-state index is -0.146. The summed E-state index contributed by atoms with van der Waals surface area (Å²) in [4.78, 5) is 17.2. The Labute approximate surface area is 131 Å². The third kappa shape index (κ3) is 3.35. The molecule has 1 aromatic carbocycles. The normalized spacial score (nSPS) is 11.1. The van der Waals surface area contributed by atoms with E-state index in [1.54, 1.807) is 24.5 Å². The monoisotopic (exact) mass is 313 g/mol. The lowest BCUT2D eigenvalue weighted by molar-refractivity contribution is -0.116. The van der Waals surface area contributed by atoms with Crippen molar-refractivity contribution in [3.8, 4) is 5.75 Å². The lowest BCUT2D eigenvalue weighted by Crippen LogP contribution is -2.20. The Balaban J connectivity index is 1.55. The summed E-state index contributed by atoms with van der Waals surface area (Å²) < 4.78 is 7.03. The predicted octanol–water partition coefficient (Wildman–Crippen LogP) is 2.73. The van der Waals surface area contributed by atoms with Crippen molar-refractivity contribution in [3.63, 3.8) is 0 Å². The Kier molecular flexibility index (Phi) is 4.20. The molecule has 0 saturated heterocycles. The third-order valence-corrected chi connectivity index (χ3v) is 3.90. The van der Waals surface area contributed by atoms with E-state index in [4.69, 9.17) is 4.74 Å². The molecule has 0 fully saturated rings. The van der Waals surface area contributed by atoms with Crippen LogP contribution in [0.15, 0.2) is 48.1 Å². The standard InChI is InChI=1S/C16H15N3O2S/c1-21-14-5-2-12(3-6-14)4-7-15(20)17-10-13-11-19-8-9-22-16(19)18-13/h2-9,11H,10H2,1H3,(H,17,20)/b7-4+. The van der Waals surface area contributed by atoms with E-state index in [1.807, 2.05) is 46.4 Å². The van der Waals surface area contributed by atoms with Crippen LogP contribution in [0.3, 0.4) is 0 Å². The lowest BCUT2D eigenvalue weighted by Gasteiger charge is -2.00. The topological polar surface area (TPSA) is 55.6 Å². The first-order valence-corrected chi connectivity index (χ1v) is 7.63. The molecule has 0 aliphatic rings.